The standard InChI is InChI=1S/C13H18N4/c1-9-6-12(7-10(2)14)8-15-13(9)17-5-4-11(3)16-17/h4-6,8,10H,7,14H2,1-3H3. The van der Waals surface area contributed by atoms with Crippen molar-refractivity contribution >= 4 is 0 Å². The maximum atomic E-state index is 5.78. The molecule has 2 aromatic heterocycles. The molecule has 2 heterocycles. The zero-order valence-corrected chi connectivity index (χ0v) is 10.5. The van der Waals surface area contributed by atoms with Gasteiger partial charge in [-0.15, -0.1) is 0 Å². The molecular formula is C13H18N4. The van der Waals surface area contributed by atoms with Crippen molar-refractivity contribution in [3.63, 3.8) is 0 Å². The number of hydrogen-bond donors (Lipinski definition) is 1. The number of hydrogen-bond acceptors (Lipinski definition) is 3. The van der Waals surface area contributed by atoms with Gasteiger partial charge in [-0.1, -0.05) is 6.07 Å². The molecule has 2 rings (SSSR count). The number of aromatic nitrogens is 3. The molecule has 0 saturated heterocycles. The number of aryl methyl sites for hydroxylation is 2. The van der Waals surface area contributed by atoms with Crippen LogP contribution in [0.1, 0.15) is 23.7 Å². The Labute approximate surface area is 101 Å². The van der Waals surface area contributed by atoms with Gasteiger partial charge in [-0.2, -0.15) is 5.10 Å². The van der Waals surface area contributed by atoms with E-state index in [0.29, 0.717) is 0 Å². The summed E-state index contributed by atoms with van der Waals surface area (Å²) in [4.78, 5) is 4.46. The molecule has 0 aliphatic heterocycles. The van der Waals surface area contributed by atoms with Gasteiger partial charge in [0.15, 0.2) is 5.82 Å². The molecule has 0 amide bonds. The third-order valence-electron chi connectivity index (χ3n) is 2.60. The number of nitrogens with zero attached hydrogens (tertiary/aromatic N) is 3. The van der Waals surface area contributed by atoms with Crippen LogP contribution in [0.2, 0.25) is 0 Å². The number of pyridine rings is 1. The van der Waals surface area contributed by atoms with Gasteiger partial charge >= 0.3 is 0 Å². The molecule has 0 bridgehead atoms. The predicted octanol–water partition coefficient (Wildman–Crippen LogP) is 1.77. The summed E-state index contributed by atoms with van der Waals surface area (Å²) in [5, 5.41) is 4.36. The molecule has 0 aliphatic carbocycles. The maximum Gasteiger partial charge on any atom is 0.156 e. The quantitative estimate of drug-likeness (QED) is 0.874. The minimum Gasteiger partial charge on any atom is -0.328 e. The summed E-state index contributed by atoms with van der Waals surface area (Å²) in [5.41, 5.74) is 9.06. The Morgan fingerprint density at radius 2 is 2.18 bits per heavy atom. The van der Waals surface area contributed by atoms with Crippen molar-refractivity contribution < 1.29 is 0 Å². The van der Waals surface area contributed by atoms with Crippen LogP contribution < -0.4 is 5.73 Å². The highest BCUT2D eigenvalue weighted by Gasteiger charge is 2.06. The van der Waals surface area contributed by atoms with Crippen LogP contribution in [0, 0.1) is 13.8 Å². The van der Waals surface area contributed by atoms with Gasteiger partial charge in [-0.3, -0.25) is 0 Å². The van der Waals surface area contributed by atoms with E-state index in [2.05, 4.69) is 16.1 Å². The van der Waals surface area contributed by atoms with E-state index in [9.17, 15) is 0 Å². The Morgan fingerprint density at radius 3 is 2.71 bits per heavy atom. The average molecular weight is 230 g/mol. The van der Waals surface area contributed by atoms with Crippen molar-refractivity contribution in [1.29, 1.82) is 0 Å². The largest absolute Gasteiger partial charge is 0.328 e. The Bertz CT molecular complexity index is 514. The van der Waals surface area contributed by atoms with Crippen molar-refractivity contribution in [1.82, 2.24) is 14.8 Å². The van der Waals surface area contributed by atoms with E-state index in [4.69, 9.17) is 5.73 Å². The zero-order valence-electron chi connectivity index (χ0n) is 10.5. The fourth-order valence-electron chi connectivity index (χ4n) is 1.88. The summed E-state index contributed by atoms with van der Waals surface area (Å²) < 4.78 is 1.81. The van der Waals surface area contributed by atoms with Gasteiger partial charge in [0.05, 0.1) is 5.69 Å². The van der Waals surface area contributed by atoms with Crippen molar-refractivity contribution in [3.05, 3.63) is 41.3 Å². The molecule has 90 valence electrons. The van der Waals surface area contributed by atoms with Gasteiger partial charge < -0.3 is 5.73 Å². The molecule has 0 spiro atoms. The summed E-state index contributed by atoms with van der Waals surface area (Å²) in [6.07, 6.45) is 4.66. The smallest absolute Gasteiger partial charge is 0.156 e. The minimum atomic E-state index is 0.161. The second kappa shape index (κ2) is 4.67. The van der Waals surface area contributed by atoms with E-state index >= 15 is 0 Å². The number of nitrogens with two attached hydrogens (primary N) is 1. The topological polar surface area (TPSA) is 56.7 Å². The maximum absolute atomic E-state index is 5.78. The van der Waals surface area contributed by atoms with Gasteiger partial charge in [0.25, 0.3) is 0 Å². The molecular weight excluding hydrogens is 212 g/mol. The van der Waals surface area contributed by atoms with Crippen LogP contribution in [0.3, 0.4) is 0 Å². The highest BCUT2D eigenvalue weighted by Crippen LogP contribution is 2.13. The van der Waals surface area contributed by atoms with E-state index in [1.54, 1.807) is 4.68 Å². The first kappa shape index (κ1) is 11.8. The van der Waals surface area contributed by atoms with Gasteiger partial charge in [0.1, 0.15) is 0 Å². The monoisotopic (exact) mass is 230 g/mol. The summed E-state index contributed by atoms with van der Waals surface area (Å²) in [7, 11) is 0. The summed E-state index contributed by atoms with van der Waals surface area (Å²) >= 11 is 0. The molecule has 4 nitrogen and oxygen atoms in total. The first-order chi connectivity index (χ1) is 8.06. The normalized spacial score (nSPS) is 12.7. The third-order valence-corrected chi connectivity index (χ3v) is 2.60. The van der Waals surface area contributed by atoms with Crippen LogP contribution in [0.15, 0.2) is 24.5 Å². The van der Waals surface area contributed by atoms with Crippen LogP contribution in [0.5, 0.6) is 0 Å². The lowest BCUT2D eigenvalue weighted by atomic mass is 10.1. The van der Waals surface area contributed by atoms with Gasteiger partial charge in [0.2, 0.25) is 0 Å². The SMILES string of the molecule is Cc1ccn(-c2ncc(CC(C)N)cc2C)n1. The fraction of sp³-hybridized carbons (Fsp3) is 0.385. The lowest BCUT2D eigenvalue weighted by molar-refractivity contribution is 0.732. The Kier molecular flexibility index (Phi) is 3.24. The number of rotatable bonds is 3. The van der Waals surface area contributed by atoms with Crippen LogP contribution in [-0.2, 0) is 6.42 Å². The summed E-state index contributed by atoms with van der Waals surface area (Å²) in [6.45, 7) is 6.01. The fourth-order valence-corrected chi connectivity index (χ4v) is 1.88. The summed E-state index contributed by atoms with van der Waals surface area (Å²) in [6, 6.07) is 4.26. The van der Waals surface area contributed by atoms with Crippen molar-refractivity contribution in [2.45, 2.75) is 33.2 Å². The molecule has 17 heavy (non-hydrogen) atoms. The molecule has 0 radical (unpaired) electrons. The van der Waals surface area contributed by atoms with E-state index in [0.717, 1.165) is 23.5 Å². The molecule has 2 aromatic rings. The average Bonchev–Trinajstić information content (AvgIpc) is 2.64. The van der Waals surface area contributed by atoms with Gasteiger partial charge in [0, 0.05) is 18.4 Å². The highest BCUT2D eigenvalue weighted by atomic mass is 15.3. The Balaban J connectivity index is 2.31. The first-order valence-corrected chi connectivity index (χ1v) is 5.80. The minimum absolute atomic E-state index is 0.161. The van der Waals surface area contributed by atoms with Crippen molar-refractivity contribution in [2.24, 2.45) is 5.73 Å². The molecule has 0 aliphatic rings. The van der Waals surface area contributed by atoms with Crippen molar-refractivity contribution in [3.8, 4) is 5.82 Å². The van der Waals surface area contributed by atoms with E-state index in [1.807, 2.05) is 39.2 Å². The lowest BCUT2D eigenvalue weighted by Crippen LogP contribution is -2.18. The van der Waals surface area contributed by atoms with Gasteiger partial charge in [-0.05, 0) is 44.4 Å². The molecule has 2 N–H and O–H groups in total. The molecule has 1 unspecified atom stereocenters. The van der Waals surface area contributed by atoms with Crippen LogP contribution in [0.4, 0.5) is 0 Å². The second-order valence-corrected chi connectivity index (χ2v) is 4.57. The molecule has 1 atom stereocenters. The molecule has 0 saturated carbocycles. The van der Waals surface area contributed by atoms with E-state index in [-0.39, 0.29) is 6.04 Å². The predicted molar refractivity (Wildman–Crippen MR) is 68.2 cm³/mol. The second-order valence-electron chi connectivity index (χ2n) is 4.57. The molecule has 0 aromatic carbocycles. The van der Waals surface area contributed by atoms with Gasteiger partial charge in [-0.25, -0.2) is 9.67 Å². The molecule has 0 fully saturated rings. The third kappa shape index (κ3) is 2.71. The first-order valence-electron chi connectivity index (χ1n) is 5.80. The Hall–Kier alpha value is -1.68. The van der Waals surface area contributed by atoms with E-state index in [1.165, 1.54) is 5.56 Å². The molecule has 4 heteroatoms. The summed E-state index contributed by atoms with van der Waals surface area (Å²) in [5.74, 6) is 0.881. The van der Waals surface area contributed by atoms with Crippen LogP contribution >= 0.6 is 0 Å². The highest BCUT2D eigenvalue weighted by molar-refractivity contribution is 5.35. The van der Waals surface area contributed by atoms with Crippen LogP contribution in [0.25, 0.3) is 5.82 Å². The lowest BCUT2D eigenvalue weighted by Gasteiger charge is -2.09. The van der Waals surface area contributed by atoms with E-state index < -0.39 is 0 Å². The van der Waals surface area contributed by atoms with Crippen LogP contribution in [-0.4, -0.2) is 20.8 Å². The zero-order chi connectivity index (χ0) is 12.4. The Morgan fingerprint density at radius 1 is 1.41 bits per heavy atom. The van der Waals surface area contributed by atoms with Crippen molar-refractivity contribution in [2.75, 3.05) is 0 Å².